The first-order valence-corrected chi connectivity index (χ1v) is 10.6. The predicted molar refractivity (Wildman–Crippen MR) is 112 cm³/mol. The van der Waals surface area contributed by atoms with E-state index in [4.69, 9.17) is 11.6 Å². The monoisotopic (exact) mass is 396 g/mol. The Hall–Kier alpha value is -2.18. The van der Waals surface area contributed by atoms with Crippen LogP contribution in [0.1, 0.15) is 31.2 Å². The summed E-state index contributed by atoms with van der Waals surface area (Å²) in [6.45, 7) is 4.95. The molecule has 0 bridgehead atoms. The van der Waals surface area contributed by atoms with Gasteiger partial charge >= 0.3 is 0 Å². The highest BCUT2D eigenvalue weighted by molar-refractivity contribution is 6.30. The van der Waals surface area contributed by atoms with Crippen molar-refractivity contribution in [2.45, 2.75) is 38.3 Å². The zero-order valence-electron chi connectivity index (χ0n) is 16.0. The van der Waals surface area contributed by atoms with Crippen LogP contribution in [0.25, 0.3) is 11.0 Å². The third kappa shape index (κ3) is 3.47. The molecule has 0 spiro atoms. The number of fused-ring (bicyclic) bond motifs is 1. The maximum absolute atomic E-state index is 6.00. The number of halogens is 1. The average Bonchev–Trinajstić information content (AvgIpc) is 3.40. The van der Waals surface area contributed by atoms with Gasteiger partial charge in [0.1, 0.15) is 12.1 Å². The number of nitrogens with zero attached hydrogens (tertiary/aromatic N) is 6. The van der Waals surface area contributed by atoms with E-state index in [1.165, 1.54) is 25.7 Å². The van der Waals surface area contributed by atoms with E-state index < -0.39 is 0 Å². The molecule has 1 saturated heterocycles. The van der Waals surface area contributed by atoms with Crippen molar-refractivity contribution < 1.29 is 0 Å². The molecule has 1 aliphatic heterocycles. The van der Waals surface area contributed by atoms with E-state index in [2.05, 4.69) is 24.9 Å². The summed E-state index contributed by atoms with van der Waals surface area (Å²) in [6.07, 6.45) is 9.10. The van der Waals surface area contributed by atoms with E-state index in [1.54, 1.807) is 6.33 Å². The molecule has 5 rings (SSSR count). The molecule has 0 radical (unpaired) electrons. The molecule has 1 aliphatic carbocycles. The van der Waals surface area contributed by atoms with Gasteiger partial charge in [-0.15, -0.1) is 0 Å². The fourth-order valence-corrected chi connectivity index (χ4v) is 4.71. The number of aromatic nitrogens is 4. The summed E-state index contributed by atoms with van der Waals surface area (Å²) in [4.78, 5) is 14.2. The van der Waals surface area contributed by atoms with Crippen LogP contribution in [0.15, 0.2) is 36.8 Å². The molecular formula is C21H25ClN6. The molecule has 0 unspecified atom stereocenters. The summed E-state index contributed by atoms with van der Waals surface area (Å²) in [5, 5.41) is 6.37. The van der Waals surface area contributed by atoms with Crippen LogP contribution in [0, 0.1) is 0 Å². The van der Waals surface area contributed by atoms with Gasteiger partial charge in [0, 0.05) is 37.2 Å². The normalized spacial score (nSPS) is 19.0. The SMILES string of the molecule is Clc1ccc(Cn2ncc3c(N4CCN(C5CCCC5)CC4)ncnc32)cc1. The van der Waals surface area contributed by atoms with E-state index in [1.807, 2.05) is 35.1 Å². The van der Waals surface area contributed by atoms with Crippen molar-refractivity contribution in [1.82, 2.24) is 24.6 Å². The smallest absolute Gasteiger partial charge is 0.163 e. The van der Waals surface area contributed by atoms with Crippen LogP contribution < -0.4 is 4.90 Å². The lowest BCUT2D eigenvalue weighted by Crippen LogP contribution is -2.50. The first-order valence-electron chi connectivity index (χ1n) is 10.2. The molecule has 0 N–H and O–H groups in total. The van der Waals surface area contributed by atoms with Gasteiger partial charge in [-0.25, -0.2) is 14.6 Å². The van der Waals surface area contributed by atoms with Crippen molar-refractivity contribution in [1.29, 1.82) is 0 Å². The minimum absolute atomic E-state index is 0.673. The van der Waals surface area contributed by atoms with Gasteiger partial charge in [-0.05, 0) is 30.5 Å². The Kier molecular flexibility index (Phi) is 4.91. The van der Waals surface area contributed by atoms with Crippen molar-refractivity contribution in [3.8, 4) is 0 Å². The Labute approximate surface area is 170 Å². The van der Waals surface area contributed by atoms with Gasteiger partial charge in [0.15, 0.2) is 5.65 Å². The van der Waals surface area contributed by atoms with Gasteiger partial charge in [0.05, 0.1) is 18.1 Å². The second-order valence-electron chi connectivity index (χ2n) is 7.82. The van der Waals surface area contributed by atoms with Crippen LogP contribution in [0.2, 0.25) is 5.02 Å². The fraction of sp³-hybridized carbons (Fsp3) is 0.476. The Morgan fingerprint density at radius 3 is 2.46 bits per heavy atom. The lowest BCUT2D eigenvalue weighted by molar-refractivity contribution is 0.187. The summed E-state index contributed by atoms with van der Waals surface area (Å²) < 4.78 is 1.94. The minimum atomic E-state index is 0.673. The molecule has 146 valence electrons. The van der Waals surface area contributed by atoms with E-state index in [0.29, 0.717) is 6.54 Å². The molecule has 0 amide bonds. The summed E-state index contributed by atoms with van der Waals surface area (Å²) in [5.41, 5.74) is 2.04. The summed E-state index contributed by atoms with van der Waals surface area (Å²) >= 11 is 6.00. The van der Waals surface area contributed by atoms with Gasteiger partial charge in [-0.3, -0.25) is 4.90 Å². The molecule has 1 saturated carbocycles. The largest absolute Gasteiger partial charge is 0.353 e. The van der Waals surface area contributed by atoms with E-state index in [0.717, 1.165) is 59.7 Å². The van der Waals surface area contributed by atoms with Gasteiger partial charge < -0.3 is 4.90 Å². The number of benzene rings is 1. The molecule has 2 aliphatic rings. The van der Waals surface area contributed by atoms with Crippen molar-refractivity contribution in [3.63, 3.8) is 0 Å². The van der Waals surface area contributed by atoms with E-state index in [-0.39, 0.29) is 0 Å². The summed E-state index contributed by atoms with van der Waals surface area (Å²) in [5.74, 6) is 1.01. The average molecular weight is 397 g/mol. The quantitative estimate of drug-likeness (QED) is 0.674. The van der Waals surface area contributed by atoms with Crippen LogP contribution in [0.3, 0.4) is 0 Å². The lowest BCUT2D eigenvalue weighted by Gasteiger charge is -2.38. The highest BCUT2D eigenvalue weighted by atomic mass is 35.5. The molecule has 2 fully saturated rings. The molecule has 7 heteroatoms. The van der Waals surface area contributed by atoms with E-state index >= 15 is 0 Å². The molecule has 6 nitrogen and oxygen atoms in total. The number of hydrogen-bond acceptors (Lipinski definition) is 5. The van der Waals surface area contributed by atoms with Crippen molar-refractivity contribution >= 4 is 28.5 Å². The van der Waals surface area contributed by atoms with Crippen LogP contribution in [-0.4, -0.2) is 56.9 Å². The third-order valence-electron chi connectivity index (χ3n) is 6.11. The molecule has 2 aromatic heterocycles. The van der Waals surface area contributed by atoms with Crippen molar-refractivity contribution in [3.05, 3.63) is 47.4 Å². The second-order valence-corrected chi connectivity index (χ2v) is 8.26. The molecule has 28 heavy (non-hydrogen) atoms. The maximum atomic E-state index is 6.00. The standard InChI is InChI=1S/C21H25ClN6/c22-17-7-5-16(6-8-17)14-28-21-19(13-25-28)20(23-15-24-21)27-11-9-26(10-12-27)18-3-1-2-4-18/h5-8,13,15,18H,1-4,9-12,14H2. The van der Waals surface area contributed by atoms with Gasteiger partial charge in [0.25, 0.3) is 0 Å². The Morgan fingerprint density at radius 1 is 0.964 bits per heavy atom. The minimum Gasteiger partial charge on any atom is -0.353 e. The first-order chi connectivity index (χ1) is 13.8. The first kappa shape index (κ1) is 17.9. The van der Waals surface area contributed by atoms with Crippen LogP contribution >= 0.6 is 11.6 Å². The van der Waals surface area contributed by atoms with Crippen molar-refractivity contribution in [2.24, 2.45) is 0 Å². The Morgan fingerprint density at radius 2 is 1.71 bits per heavy atom. The van der Waals surface area contributed by atoms with Crippen LogP contribution in [0.4, 0.5) is 5.82 Å². The second kappa shape index (κ2) is 7.68. The maximum Gasteiger partial charge on any atom is 0.163 e. The molecule has 1 aromatic carbocycles. The summed E-state index contributed by atoms with van der Waals surface area (Å²) in [7, 11) is 0. The molecule has 3 aromatic rings. The molecular weight excluding hydrogens is 372 g/mol. The predicted octanol–water partition coefficient (Wildman–Crippen LogP) is 3.59. The van der Waals surface area contributed by atoms with Gasteiger partial charge in [0.2, 0.25) is 0 Å². The number of rotatable bonds is 4. The summed E-state index contributed by atoms with van der Waals surface area (Å²) in [6, 6.07) is 8.68. The van der Waals surface area contributed by atoms with Crippen LogP contribution in [0.5, 0.6) is 0 Å². The number of hydrogen-bond donors (Lipinski definition) is 0. The lowest BCUT2D eigenvalue weighted by atomic mass is 10.2. The van der Waals surface area contributed by atoms with Crippen molar-refractivity contribution in [2.75, 3.05) is 31.1 Å². The highest BCUT2D eigenvalue weighted by Crippen LogP contribution is 2.27. The fourth-order valence-electron chi connectivity index (χ4n) is 4.58. The zero-order chi connectivity index (χ0) is 18.9. The topological polar surface area (TPSA) is 50.1 Å². The van der Waals surface area contributed by atoms with Crippen LogP contribution in [-0.2, 0) is 6.54 Å². The highest BCUT2D eigenvalue weighted by Gasteiger charge is 2.27. The Bertz CT molecular complexity index is 939. The van der Waals surface area contributed by atoms with E-state index in [9.17, 15) is 0 Å². The third-order valence-corrected chi connectivity index (χ3v) is 6.37. The van der Waals surface area contributed by atoms with Gasteiger partial charge in [-0.1, -0.05) is 36.6 Å². The molecule has 3 heterocycles. The Balaban J connectivity index is 1.34. The van der Waals surface area contributed by atoms with Gasteiger partial charge in [-0.2, -0.15) is 5.10 Å². The number of anilines is 1. The number of piperazine rings is 1. The molecule has 0 atom stereocenters. The zero-order valence-corrected chi connectivity index (χ0v) is 16.7.